The number of hydrogen-bond acceptors (Lipinski definition) is 5. The van der Waals surface area contributed by atoms with Gasteiger partial charge in [-0.1, -0.05) is 42.1 Å². The van der Waals surface area contributed by atoms with E-state index in [1.807, 2.05) is 41.1 Å². The van der Waals surface area contributed by atoms with Crippen LogP contribution in [0.1, 0.15) is 17.7 Å². The van der Waals surface area contributed by atoms with Crippen LogP contribution in [0.5, 0.6) is 0 Å². The monoisotopic (exact) mass is 344 g/mol. The average molecular weight is 344 g/mol. The van der Waals surface area contributed by atoms with E-state index in [9.17, 15) is 4.79 Å². The van der Waals surface area contributed by atoms with Crippen LogP contribution in [0.2, 0.25) is 0 Å². The minimum Gasteiger partial charge on any atom is -0.271 e. The van der Waals surface area contributed by atoms with Crippen LogP contribution in [0.4, 0.5) is 0 Å². The SMILES string of the molecule is CSc1nc2n(Cc3ccccc3)c(=O)c3c(n2n1)CCCS3. The van der Waals surface area contributed by atoms with Crippen LogP contribution in [0.15, 0.2) is 45.2 Å². The molecule has 3 heterocycles. The molecule has 0 saturated carbocycles. The van der Waals surface area contributed by atoms with Gasteiger partial charge in [0, 0.05) is 0 Å². The van der Waals surface area contributed by atoms with Gasteiger partial charge in [0.1, 0.15) is 0 Å². The maximum atomic E-state index is 13.0. The first-order chi connectivity index (χ1) is 11.3. The zero-order valence-electron chi connectivity index (χ0n) is 12.7. The highest BCUT2D eigenvalue weighted by atomic mass is 32.2. The molecule has 5 nitrogen and oxygen atoms in total. The van der Waals surface area contributed by atoms with Gasteiger partial charge in [-0.3, -0.25) is 9.36 Å². The summed E-state index contributed by atoms with van der Waals surface area (Å²) in [6.07, 6.45) is 3.91. The zero-order chi connectivity index (χ0) is 15.8. The Kier molecular flexibility index (Phi) is 3.90. The van der Waals surface area contributed by atoms with Crippen molar-refractivity contribution in [2.75, 3.05) is 12.0 Å². The fraction of sp³-hybridized carbons (Fsp3) is 0.312. The first-order valence-corrected chi connectivity index (χ1v) is 9.72. The summed E-state index contributed by atoms with van der Waals surface area (Å²) in [6.45, 7) is 0.517. The summed E-state index contributed by atoms with van der Waals surface area (Å²) in [5.41, 5.74) is 2.16. The molecule has 118 valence electrons. The molecule has 0 atom stereocenters. The molecule has 0 radical (unpaired) electrons. The van der Waals surface area contributed by atoms with Crippen molar-refractivity contribution in [1.82, 2.24) is 19.2 Å². The second-order valence-corrected chi connectivity index (χ2v) is 7.29. The number of fused-ring (bicyclic) bond motifs is 3. The number of thioether (sulfide) groups is 2. The minimum absolute atomic E-state index is 0.0566. The van der Waals surface area contributed by atoms with Crippen LogP contribution < -0.4 is 5.56 Å². The molecule has 3 aromatic rings. The van der Waals surface area contributed by atoms with E-state index in [0.717, 1.165) is 34.7 Å². The average Bonchev–Trinajstić information content (AvgIpc) is 3.04. The van der Waals surface area contributed by atoms with Gasteiger partial charge in [-0.2, -0.15) is 4.98 Å². The van der Waals surface area contributed by atoms with E-state index in [2.05, 4.69) is 10.1 Å². The molecule has 23 heavy (non-hydrogen) atoms. The molecule has 0 aliphatic carbocycles. The Bertz CT molecular complexity index is 917. The summed E-state index contributed by atoms with van der Waals surface area (Å²) in [4.78, 5) is 18.4. The van der Waals surface area contributed by atoms with Crippen LogP contribution in [0.3, 0.4) is 0 Å². The second-order valence-electron chi connectivity index (χ2n) is 5.42. The first kappa shape index (κ1) is 14.8. The van der Waals surface area contributed by atoms with Gasteiger partial charge in [-0.25, -0.2) is 4.52 Å². The molecular weight excluding hydrogens is 328 g/mol. The Morgan fingerprint density at radius 1 is 1.30 bits per heavy atom. The molecule has 0 fully saturated rings. The maximum absolute atomic E-state index is 13.0. The molecule has 0 spiro atoms. The molecule has 7 heteroatoms. The summed E-state index contributed by atoms with van der Waals surface area (Å²) < 4.78 is 3.62. The second kappa shape index (κ2) is 6.05. The predicted molar refractivity (Wildman–Crippen MR) is 93.6 cm³/mol. The Hall–Kier alpha value is -1.73. The third-order valence-electron chi connectivity index (χ3n) is 3.94. The fourth-order valence-electron chi connectivity index (χ4n) is 2.85. The number of aromatic nitrogens is 4. The van der Waals surface area contributed by atoms with Gasteiger partial charge >= 0.3 is 0 Å². The smallest absolute Gasteiger partial charge is 0.269 e. The van der Waals surface area contributed by atoms with Crippen LogP contribution in [0.25, 0.3) is 5.78 Å². The lowest BCUT2D eigenvalue weighted by molar-refractivity contribution is 0.669. The molecule has 1 aromatic carbocycles. The van der Waals surface area contributed by atoms with E-state index in [1.54, 1.807) is 16.3 Å². The summed E-state index contributed by atoms with van der Waals surface area (Å²) in [6, 6.07) is 10.0. The molecule has 0 unspecified atom stereocenters. The molecule has 0 bridgehead atoms. The van der Waals surface area contributed by atoms with Gasteiger partial charge in [0.05, 0.1) is 17.1 Å². The van der Waals surface area contributed by atoms with Crippen molar-refractivity contribution in [1.29, 1.82) is 0 Å². The Balaban J connectivity index is 1.96. The third-order valence-corrected chi connectivity index (χ3v) is 5.67. The van der Waals surface area contributed by atoms with Gasteiger partial charge in [-0.15, -0.1) is 16.9 Å². The van der Waals surface area contributed by atoms with E-state index >= 15 is 0 Å². The van der Waals surface area contributed by atoms with Crippen molar-refractivity contribution >= 4 is 29.3 Å². The van der Waals surface area contributed by atoms with Crippen LogP contribution in [0, 0.1) is 0 Å². The molecule has 1 aliphatic heterocycles. The van der Waals surface area contributed by atoms with E-state index in [-0.39, 0.29) is 5.56 Å². The normalized spacial score (nSPS) is 14.1. The lowest BCUT2D eigenvalue weighted by atomic mass is 10.2. The summed E-state index contributed by atoms with van der Waals surface area (Å²) in [5, 5.41) is 5.29. The van der Waals surface area contributed by atoms with Crippen molar-refractivity contribution in [2.45, 2.75) is 29.4 Å². The summed E-state index contributed by atoms with van der Waals surface area (Å²) in [5.74, 6) is 1.63. The largest absolute Gasteiger partial charge is 0.271 e. The van der Waals surface area contributed by atoms with Crippen molar-refractivity contribution in [3.05, 3.63) is 51.9 Å². The Labute approximate surface area is 142 Å². The van der Waals surface area contributed by atoms with Crippen molar-refractivity contribution < 1.29 is 0 Å². The molecule has 2 aromatic heterocycles. The van der Waals surface area contributed by atoms with E-state index in [4.69, 9.17) is 0 Å². The molecule has 0 saturated heterocycles. The molecule has 0 N–H and O–H groups in total. The van der Waals surface area contributed by atoms with Crippen molar-refractivity contribution in [3.8, 4) is 0 Å². The number of nitrogens with zero attached hydrogens (tertiary/aromatic N) is 4. The van der Waals surface area contributed by atoms with Crippen LogP contribution in [-0.2, 0) is 13.0 Å². The Morgan fingerprint density at radius 3 is 2.91 bits per heavy atom. The number of benzene rings is 1. The lowest BCUT2D eigenvalue weighted by Gasteiger charge is -2.18. The summed E-state index contributed by atoms with van der Waals surface area (Å²) in [7, 11) is 0. The first-order valence-electron chi connectivity index (χ1n) is 7.51. The highest BCUT2D eigenvalue weighted by Gasteiger charge is 2.22. The molecular formula is C16H16N4OS2. The third kappa shape index (κ3) is 2.57. The number of hydrogen-bond donors (Lipinski definition) is 0. The van der Waals surface area contributed by atoms with E-state index in [0.29, 0.717) is 17.5 Å². The predicted octanol–water partition coefficient (Wildman–Crippen LogP) is 2.70. The number of aryl methyl sites for hydroxylation is 1. The fourth-order valence-corrected chi connectivity index (χ4v) is 4.27. The highest BCUT2D eigenvalue weighted by molar-refractivity contribution is 7.99. The molecule has 4 rings (SSSR count). The van der Waals surface area contributed by atoms with Gasteiger partial charge in [-0.05, 0) is 30.4 Å². The topological polar surface area (TPSA) is 52.2 Å². The quantitative estimate of drug-likeness (QED) is 0.684. The Morgan fingerprint density at radius 2 is 2.13 bits per heavy atom. The lowest BCUT2D eigenvalue weighted by Crippen LogP contribution is -2.29. The van der Waals surface area contributed by atoms with Gasteiger partial charge < -0.3 is 0 Å². The summed E-state index contributed by atoms with van der Waals surface area (Å²) >= 11 is 3.14. The van der Waals surface area contributed by atoms with Gasteiger partial charge in [0.2, 0.25) is 10.9 Å². The molecule has 1 aliphatic rings. The van der Waals surface area contributed by atoms with E-state index < -0.39 is 0 Å². The van der Waals surface area contributed by atoms with Crippen LogP contribution >= 0.6 is 23.5 Å². The highest BCUT2D eigenvalue weighted by Crippen LogP contribution is 2.28. The van der Waals surface area contributed by atoms with Crippen molar-refractivity contribution in [3.63, 3.8) is 0 Å². The van der Waals surface area contributed by atoms with Gasteiger partial charge in [0.25, 0.3) is 5.56 Å². The van der Waals surface area contributed by atoms with Gasteiger partial charge in [0.15, 0.2) is 0 Å². The minimum atomic E-state index is 0.0566. The number of rotatable bonds is 3. The van der Waals surface area contributed by atoms with E-state index in [1.165, 1.54) is 11.8 Å². The van der Waals surface area contributed by atoms with Crippen molar-refractivity contribution in [2.24, 2.45) is 0 Å². The zero-order valence-corrected chi connectivity index (χ0v) is 14.4. The molecule has 0 amide bonds. The maximum Gasteiger partial charge on any atom is 0.269 e. The standard InChI is InChI=1S/C16H16N4OS2/c1-22-15-17-16-19(10-11-6-3-2-4-7-11)14(21)13-12(20(16)18-15)8-5-9-23-13/h2-4,6-7H,5,8-10H2,1H3. The van der Waals surface area contributed by atoms with Crippen LogP contribution in [-0.4, -0.2) is 31.2 Å².